The number of hydrogen-bond donors (Lipinski definition) is 3. The average molecular weight is 261 g/mol. The van der Waals surface area contributed by atoms with Crippen molar-refractivity contribution in [2.24, 2.45) is 11.7 Å². The first-order chi connectivity index (χ1) is 9.06. The van der Waals surface area contributed by atoms with E-state index in [1.54, 1.807) is 18.2 Å². The highest BCUT2D eigenvalue weighted by Gasteiger charge is 2.24. The summed E-state index contributed by atoms with van der Waals surface area (Å²) in [5.74, 6) is -0.975. The van der Waals surface area contributed by atoms with Gasteiger partial charge in [0.25, 0.3) is 0 Å². The second-order valence-corrected chi connectivity index (χ2v) is 4.47. The van der Waals surface area contributed by atoms with Crippen LogP contribution in [0.2, 0.25) is 0 Å². The van der Waals surface area contributed by atoms with Crippen LogP contribution in [0.1, 0.15) is 23.2 Å². The molecular weight excluding hydrogens is 246 g/mol. The van der Waals surface area contributed by atoms with Crippen molar-refractivity contribution in [3.05, 3.63) is 29.8 Å². The topological polar surface area (TPSA) is 101 Å². The number of benzene rings is 1. The number of anilines is 1. The maximum absolute atomic E-state index is 12.0. The summed E-state index contributed by atoms with van der Waals surface area (Å²) in [6.07, 6.45) is 0.895. The SMILES string of the molecule is NC(=O)c1cccc(NC(=O)C2CCC(=O)NC2)c1. The van der Waals surface area contributed by atoms with Gasteiger partial charge in [0.05, 0.1) is 5.92 Å². The van der Waals surface area contributed by atoms with E-state index in [4.69, 9.17) is 5.73 Å². The van der Waals surface area contributed by atoms with Gasteiger partial charge >= 0.3 is 0 Å². The van der Waals surface area contributed by atoms with Crippen LogP contribution in [0.5, 0.6) is 0 Å². The quantitative estimate of drug-likeness (QED) is 0.726. The van der Waals surface area contributed by atoms with Gasteiger partial charge in [-0.05, 0) is 24.6 Å². The molecule has 4 N–H and O–H groups in total. The lowest BCUT2D eigenvalue weighted by atomic mass is 9.98. The standard InChI is InChI=1S/C13H15N3O3/c14-12(18)8-2-1-3-10(6-8)16-13(19)9-4-5-11(17)15-7-9/h1-3,6,9H,4-5,7H2,(H2,14,18)(H,15,17)(H,16,19). The van der Waals surface area contributed by atoms with Gasteiger partial charge in [0.2, 0.25) is 17.7 Å². The molecule has 1 atom stereocenters. The molecule has 0 bridgehead atoms. The fourth-order valence-corrected chi connectivity index (χ4v) is 1.95. The molecule has 19 heavy (non-hydrogen) atoms. The first-order valence-corrected chi connectivity index (χ1v) is 6.03. The van der Waals surface area contributed by atoms with E-state index < -0.39 is 5.91 Å². The summed E-state index contributed by atoms with van der Waals surface area (Å²) >= 11 is 0. The molecule has 0 radical (unpaired) electrons. The predicted octanol–water partition coefficient (Wildman–Crippen LogP) is 0.250. The number of piperidine rings is 1. The highest BCUT2D eigenvalue weighted by molar-refractivity contribution is 5.97. The van der Waals surface area contributed by atoms with E-state index in [-0.39, 0.29) is 17.7 Å². The molecule has 6 heteroatoms. The van der Waals surface area contributed by atoms with Crippen molar-refractivity contribution in [2.75, 3.05) is 11.9 Å². The molecule has 0 spiro atoms. The van der Waals surface area contributed by atoms with Crippen LogP contribution in [-0.2, 0) is 9.59 Å². The van der Waals surface area contributed by atoms with Crippen LogP contribution < -0.4 is 16.4 Å². The van der Waals surface area contributed by atoms with Crippen molar-refractivity contribution in [1.29, 1.82) is 0 Å². The van der Waals surface area contributed by atoms with Crippen LogP contribution in [0.15, 0.2) is 24.3 Å². The molecule has 0 saturated carbocycles. The maximum Gasteiger partial charge on any atom is 0.248 e. The van der Waals surface area contributed by atoms with Crippen LogP contribution in [0.3, 0.4) is 0 Å². The Morgan fingerprint density at radius 2 is 2.16 bits per heavy atom. The Balaban J connectivity index is 2.00. The number of nitrogens with two attached hydrogens (primary N) is 1. The number of carbonyl (C=O) groups is 3. The zero-order chi connectivity index (χ0) is 13.8. The van der Waals surface area contributed by atoms with Crippen LogP contribution in [0.4, 0.5) is 5.69 Å². The summed E-state index contributed by atoms with van der Waals surface area (Å²) in [6, 6.07) is 6.45. The van der Waals surface area contributed by atoms with Crippen LogP contribution in [-0.4, -0.2) is 24.3 Å². The number of rotatable bonds is 3. The summed E-state index contributed by atoms with van der Waals surface area (Å²) in [5, 5.41) is 5.38. The molecule has 0 aliphatic carbocycles. The minimum Gasteiger partial charge on any atom is -0.366 e. The van der Waals surface area contributed by atoms with Gasteiger partial charge in [-0.15, -0.1) is 0 Å². The molecule has 1 aromatic rings. The van der Waals surface area contributed by atoms with E-state index in [9.17, 15) is 14.4 Å². The molecule has 1 aliphatic rings. The minimum absolute atomic E-state index is 0.0280. The van der Waals surface area contributed by atoms with E-state index in [1.807, 2.05) is 0 Å². The van der Waals surface area contributed by atoms with Crippen molar-refractivity contribution in [3.8, 4) is 0 Å². The molecule has 2 rings (SSSR count). The molecule has 1 fully saturated rings. The van der Waals surface area contributed by atoms with Crippen molar-refractivity contribution >= 4 is 23.4 Å². The number of nitrogens with one attached hydrogen (secondary N) is 2. The molecule has 100 valence electrons. The van der Waals surface area contributed by atoms with Gasteiger partial charge in [-0.1, -0.05) is 6.07 Å². The largest absolute Gasteiger partial charge is 0.366 e. The van der Waals surface area contributed by atoms with Gasteiger partial charge in [-0.3, -0.25) is 14.4 Å². The first-order valence-electron chi connectivity index (χ1n) is 6.03. The Kier molecular flexibility index (Phi) is 3.79. The number of amides is 3. The van der Waals surface area contributed by atoms with E-state index in [1.165, 1.54) is 6.07 Å². The minimum atomic E-state index is -0.541. The Hall–Kier alpha value is -2.37. The van der Waals surface area contributed by atoms with Crippen molar-refractivity contribution in [3.63, 3.8) is 0 Å². The zero-order valence-corrected chi connectivity index (χ0v) is 10.3. The second kappa shape index (κ2) is 5.51. The molecule has 1 aliphatic heterocycles. The van der Waals surface area contributed by atoms with Gasteiger partial charge in [0, 0.05) is 24.2 Å². The van der Waals surface area contributed by atoms with E-state index >= 15 is 0 Å². The van der Waals surface area contributed by atoms with E-state index in [0.29, 0.717) is 30.6 Å². The summed E-state index contributed by atoms with van der Waals surface area (Å²) in [6.45, 7) is 0.347. The van der Waals surface area contributed by atoms with Crippen LogP contribution >= 0.6 is 0 Å². The van der Waals surface area contributed by atoms with Gasteiger partial charge in [-0.2, -0.15) is 0 Å². The molecule has 1 saturated heterocycles. The maximum atomic E-state index is 12.0. The van der Waals surface area contributed by atoms with E-state index in [2.05, 4.69) is 10.6 Å². The molecule has 1 aromatic carbocycles. The lowest BCUT2D eigenvalue weighted by Crippen LogP contribution is -2.40. The molecule has 0 aromatic heterocycles. The van der Waals surface area contributed by atoms with Crippen molar-refractivity contribution < 1.29 is 14.4 Å². The van der Waals surface area contributed by atoms with Gasteiger partial charge in [0.1, 0.15) is 0 Å². The van der Waals surface area contributed by atoms with Crippen LogP contribution in [0.25, 0.3) is 0 Å². The Labute approximate surface area is 110 Å². The van der Waals surface area contributed by atoms with Crippen molar-refractivity contribution in [2.45, 2.75) is 12.8 Å². The lowest BCUT2D eigenvalue weighted by molar-refractivity contribution is -0.126. The van der Waals surface area contributed by atoms with Crippen LogP contribution in [0, 0.1) is 5.92 Å². The highest BCUT2D eigenvalue weighted by Crippen LogP contribution is 2.15. The molecule has 1 unspecified atom stereocenters. The average Bonchev–Trinajstić information content (AvgIpc) is 2.39. The van der Waals surface area contributed by atoms with Crippen molar-refractivity contribution in [1.82, 2.24) is 5.32 Å². The zero-order valence-electron chi connectivity index (χ0n) is 10.3. The smallest absolute Gasteiger partial charge is 0.248 e. The first kappa shape index (κ1) is 13.1. The predicted molar refractivity (Wildman–Crippen MR) is 69.3 cm³/mol. The summed E-state index contributed by atoms with van der Waals surface area (Å²) in [4.78, 5) is 34.0. The summed E-state index contributed by atoms with van der Waals surface area (Å²) in [7, 11) is 0. The third-order valence-corrected chi connectivity index (χ3v) is 3.05. The van der Waals surface area contributed by atoms with Gasteiger partial charge in [0.15, 0.2) is 0 Å². The fraction of sp³-hybridized carbons (Fsp3) is 0.308. The third-order valence-electron chi connectivity index (χ3n) is 3.05. The third kappa shape index (κ3) is 3.31. The Morgan fingerprint density at radius 1 is 1.37 bits per heavy atom. The Morgan fingerprint density at radius 3 is 2.79 bits per heavy atom. The Bertz CT molecular complexity index is 518. The normalized spacial score (nSPS) is 18.5. The molecule has 3 amide bonds. The highest BCUT2D eigenvalue weighted by atomic mass is 16.2. The van der Waals surface area contributed by atoms with Gasteiger partial charge in [-0.25, -0.2) is 0 Å². The fourth-order valence-electron chi connectivity index (χ4n) is 1.95. The lowest BCUT2D eigenvalue weighted by Gasteiger charge is -2.21. The van der Waals surface area contributed by atoms with E-state index in [0.717, 1.165) is 0 Å². The molecule has 1 heterocycles. The number of carbonyl (C=O) groups excluding carboxylic acids is 3. The summed E-state index contributed by atoms with van der Waals surface area (Å²) < 4.78 is 0. The monoisotopic (exact) mass is 261 g/mol. The summed E-state index contributed by atoms with van der Waals surface area (Å²) in [5.41, 5.74) is 6.04. The second-order valence-electron chi connectivity index (χ2n) is 4.47. The van der Waals surface area contributed by atoms with Gasteiger partial charge < -0.3 is 16.4 Å². The number of hydrogen-bond acceptors (Lipinski definition) is 3. The molecular formula is C13H15N3O3. The number of primary amides is 1. The molecule has 6 nitrogen and oxygen atoms in total.